The van der Waals surface area contributed by atoms with Crippen LogP contribution >= 0.6 is 11.3 Å². The van der Waals surface area contributed by atoms with E-state index in [1.165, 1.54) is 42.6 Å². The molecule has 138 valence electrons. The average molecular weight is 377 g/mol. The molecule has 1 aromatic heterocycles. The lowest BCUT2D eigenvalue weighted by atomic mass is 10.1. The Kier molecular flexibility index (Phi) is 5.27. The molecule has 0 fully saturated rings. The monoisotopic (exact) mass is 377 g/mol. The van der Waals surface area contributed by atoms with Crippen molar-refractivity contribution in [3.05, 3.63) is 28.3 Å². The van der Waals surface area contributed by atoms with Gasteiger partial charge in [-0.05, 0) is 31.4 Å². The van der Waals surface area contributed by atoms with Gasteiger partial charge >= 0.3 is 0 Å². The zero-order chi connectivity index (χ0) is 18.7. The molecule has 1 heterocycles. The van der Waals surface area contributed by atoms with E-state index in [4.69, 9.17) is 19.9 Å². The summed E-state index contributed by atoms with van der Waals surface area (Å²) in [6.07, 6.45) is 3.08. The van der Waals surface area contributed by atoms with Gasteiger partial charge in [-0.3, -0.25) is 14.9 Å². The van der Waals surface area contributed by atoms with Crippen molar-refractivity contribution in [2.75, 3.05) is 26.1 Å². The Balaban J connectivity index is 1.83. The van der Waals surface area contributed by atoms with Crippen LogP contribution < -0.4 is 25.3 Å². The summed E-state index contributed by atoms with van der Waals surface area (Å²) in [4.78, 5) is 29.2. The molecular weight excluding hydrogens is 358 g/mol. The van der Waals surface area contributed by atoms with Gasteiger partial charge in [0.05, 0.1) is 19.9 Å². The maximum Gasteiger partial charge on any atom is 0.257 e. The number of anilines is 1. The quantitative estimate of drug-likeness (QED) is 0.760. The average Bonchev–Trinajstić information content (AvgIpc) is 3.20. The van der Waals surface area contributed by atoms with Crippen molar-refractivity contribution in [2.45, 2.75) is 19.3 Å². The van der Waals surface area contributed by atoms with Gasteiger partial charge in [-0.2, -0.15) is 0 Å². The van der Waals surface area contributed by atoms with Crippen LogP contribution in [0.2, 0.25) is 0 Å². The molecule has 1 aliphatic rings. The number of fused-ring (bicyclic) bond motifs is 1. The molecule has 0 unspecified atom stereocenters. The van der Waals surface area contributed by atoms with Crippen LogP contribution in [0.15, 0.2) is 12.1 Å². The molecule has 0 aliphatic heterocycles. The Bertz CT molecular complexity index is 802. The highest BCUT2D eigenvalue weighted by molar-refractivity contribution is 7.16. The first kappa shape index (κ1) is 18.0. The van der Waals surface area contributed by atoms with Gasteiger partial charge in [0.25, 0.3) is 11.8 Å². The van der Waals surface area contributed by atoms with E-state index in [9.17, 15) is 9.59 Å². The Morgan fingerprint density at radius 2 is 1.92 bits per heavy atom. The van der Waals surface area contributed by atoms with Crippen LogP contribution in [0.4, 0.5) is 5.13 Å². The van der Waals surface area contributed by atoms with Crippen molar-refractivity contribution in [3.8, 4) is 17.2 Å². The predicted octanol–water partition coefficient (Wildman–Crippen LogP) is 1.77. The number of rotatable bonds is 7. The van der Waals surface area contributed by atoms with E-state index in [0.29, 0.717) is 10.7 Å². The lowest BCUT2D eigenvalue weighted by Gasteiger charge is -2.15. The first-order chi connectivity index (χ1) is 12.5. The number of amides is 2. The molecule has 0 saturated carbocycles. The number of carbonyl (C=O) groups excluding carboxylic acids is 2. The van der Waals surface area contributed by atoms with Crippen molar-refractivity contribution in [3.63, 3.8) is 0 Å². The molecule has 0 saturated heterocycles. The fourth-order valence-corrected chi connectivity index (χ4v) is 3.75. The summed E-state index contributed by atoms with van der Waals surface area (Å²) >= 11 is 1.50. The van der Waals surface area contributed by atoms with E-state index in [-0.39, 0.29) is 29.8 Å². The molecule has 3 rings (SSSR count). The third-order valence-corrected chi connectivity index (χ3v) is 4.97. The van der Waals surface area contributed by atoms with Crippen LogP contribution in [0.3, 0.4) is 0 Å². The minimum Gasteiger partial charge on any atom is -0.493 e. The zero-order valence-electron chi connectivity index (χ0n) is 14.5. The van der Waals surface area contributed by atoms with Gasteiger partial charge in [0.1, 0.15) is 0 Å². The van der Waals surface area contributed by atoms with Crippen LogP contribution in [0.5, 0.6) is 17.2 Å². The maximum absolute atomic E-state index is 12.6. The van der Waals surface area contributed by atoms with E-state index in [1.807, 2.05) is 0 Å². The van der Waals surface area contributed by atoms with Gasteiger partial charge in [-0.1, -0.05) is 0 Å². The lowest BCUT2D eigenvalue weighted by Crippen LogP contribution is -2.20. The van der Waals surface area contributed by atoms with E-state index in [1.54, 1.807) is 0 Å². The number of aryl methyl sites for hydroxylation is 2. The van der Waals surface area contributed by atoms with E-state index in [0.717, 1.165) is 25.0 Å². The number of nitrogens with one attached hydrogen (secondary N) is 1. The van der Waals surface area contributed by atoms with Crippen LogP contribution in [0.1, 0.15) is 27.3 Å². The van der Waals surface area contributed by atoms with Gasteiger partial charge in [0, 0.05) is 10.4 Å². The number of nitrogens with two attached hydrogens (primary N) is 1. The molecule has 8 nitrogen and oxygen atoms in total. The van der Waals surface area contributed by atoms with Gasteiger partial charge < -0.3 is 19.9 Å². The van der Waals surface area contributed by atoms with Crippen LogP contribution in [0.25, 0.3) is 0 Å². The van der Waals surface area contributed by atoms with Crippen LogP contribution in [0, 0.1) is 0 Å². The summed E-state index contributed by atoms with van der Waals surface area (Å²) in [6.45, 7) is -0.330. The highest BCUT2D eigenvalue weighted by Crippen LogP contribution is 2.39. The molecule has 0 spiro atoms. The minimum atomic E-state index is -0.632. The fourth-order valence-electron chi connectivity index (χ4n) is 2.71. The number of thiazole rings is 1. The summed E-state index contributed by atoms with van der Waals surface area (Å²) in [5.74, 6) is -0.239. The molecule has 2 aromatic rings. The molecule has 1 aliphatic carbocycles. The van der Waals surface area contributed by atoms with Crippen LogP contribution in [-0.2, 0) is 17.6 Å². The molecule has 0 radical (unpaired) electrons. The number of aromatic nitrogens is 1. The lowest BCUT2D eigenvalue weighted by molar-refractivity contribution is -0.120. The molecule has 0 atom stereocenters. The third kappa shape index (κ3) is 3.72. The third-order valence-electron chi connectivity index (χ3n) is 3.90. The van der Waals surface area contributed by atoms with Crippen molar-refractivity contribution >= 4 is 28.3 Å². The summed E-state index contributed by atoms with van der Waals surface area (Å²) in [6, 6.07) is 3.02. The predicted molar refractivity (Wildman–Crippen MR) is 96.3 cm³/mol. The fraction of sp³-hybridized carbons (Fsp3) is 0.353. The second-order valence-corrected chi connectivity index (χ2v) is 6.75. The number of primary amides is 1. The Labute approximate surface area is 154 Å². The van der Waals surface area contributed by atoms with Crippen molar-refractivity contribution in [1.29, 1.82) is 0 Å². The second-order valence-electron chi connectivity index (χ2n) is 5.66. The number of methoxy groups -OCH3 is 2. The summed E-state index contributed by atoms with van der Waals surface area (Å²) < 4.78 is 15.9. The smallest absolute Gasteiger partial charge is 0.257 e. The summed E-state index contributed by atoms with van der Waals surface area (Å²) in [5.41, 5.74) is 6.49. The van der Waals surface area contributed by atoms with Gasteiger partial charge in [0.2, 0.25) is 5.75 Å². The van der Waals surface area contributed by atoms with E-state index in [2.05, 4.69) is 10.3 Å². The summed E-state index contributed by atoms with van der Waals surface area (Å²) in [7, 11) is 2.86. The number of carbonyl (C=O) groups is 2. The van der Waals surface area contributed by atoms with Crippen LogP contribution in [-0.4, -0.2) is 37.6 Å². The standard InChI is InChI=1S/C17H19N3O5S/c1-23-11-6-9(7-12(24-2)15(11)25-8-14(18)21)16(22)20-17-19-10-4-3-5-13(10)26-17/h6-7H,3-5,8H2,1-2H3,(H2,18,21)(H,19,20,22). The summed E-state index contributed by atoms with van der Waals surface area (Å²) in [5, 5.41) is 3.38. The number of benzene rings is 1. The van der Waals surface area contributed by atoms with Crippen molar-refractivity contribution < 1.29 is 23.8 Å². The minimum absolute atomic E-state index is 0.207. The Morgan fingerprint density at radius 1 is 1.23 bits per heavy atom. The number of hydrogen-bond acceptors (Lipinski definition) is 7. The Morgan fingerprint density at radius 3 is 2.50 bits per heavy atom. The largest absolute Gasteiger partial charge is 0.493 e. The van der Waals surface area contributed by atoms with Gasteiger partial charge in [0.15, 0.2) is 23.2 Å². The zero-order valence-corrected chi connectivity index (χ0v) is 15.3. The number of hydrogen-bond donors (Lipinski definition) is 2. The second kappa shape index (κ2) is 7.61. The highest BCUT2D eigenvalue weighted by atomic mass is 32.1. The topological polar surface area (TPSA) is 113 Å². The van der Waals surface area contributed by atoms with E-state index < -0.39 is 5.91 Å². The van der Waals surface area contributed by atoms with Crippen molar-refractivity contribution in [1.82, 2.24) is 4.98 Å². The Hall–Kier alpha value is -2.81. The molecule has 0 bridgehead atoms. The van der Waals surface area contributed by atoms with Gasteiger partial charge in [-0.25, -0.2) is 4.98 Å². The van der Waals surface area contributed by atoms with Gasteiger partial charge in [-0.15, -0.1) is 11.3 Å². The first-order valence-electron chi connectivity index (χ1n) is 7.99. The van der Waals surface area contributed by atoms with Crippen molar-refractivity contribution in [2.24, 2.45) is 5.73 Å². The molecular formula is C17H19N3O5S. The molecule has 1 aromatic carbocycles. The number of nitrogens with zero attached hydrogens (tertiary/aromatic N) is 1. The van der Waals surface area contributed by atoms with E-state index >= 15 is 0 Å². The SMILES string of the molecule is COc1cc(C(=O)Nc2nc3c(s2)CCC3)cc(OC)c1OCC(N)=O. The molecule has 9 heteroatoms. The molecule has 2 amide bonds. The first-order valence-corrected chi connectivity index (χ1v) is 8.80. The highest BCUT2D eigenvalue weighted by Gasteiger charge is 2.21. The molecule has 3 N–H and O–H groups in total. The normalized spacial score (nSPS) is 12.4. The molecule has 26 heavy (non-hydrogen) atoms. The number of ether oxygens (including phenoxy) is 3. The maximum atomic E-state index is 12.6.